The first-order valence-electron chi connectivity index (χ1n) is 11.9. The van der Waals surface area contributed by atoms with Gasteiger partial charge in [0.15, 0.2) is 11.0 Å². The van der Waals surface area contributed by atoms with E-state index in [4.69, 9.17) is 9.47 Å². The van der Waals surface area contributed by atoms with Crippen LogP contribution < -0.4 is 10.1 Å². The number of ether oxygens (including phenoxy) is 2. The summed E-state index contributed by atoms with van der Waals surface area (Å²) in [6, 6.07) is 17.9. The minimum atomic E-state index is -0.494. The average Bonchev–Trinajstić information content (AvgIpc) is 3.29. The van der Waals surface area contributed by atoms with Crippen molar-refractivity contribution in [1.29, 1.82) is 0 Å². The number of methoxy groups -OCH3 is 1. The van der Waals surface area contributed by atoms with Gasteiger partial charge in [-0.2, -0.15) is 0 Å². The van der Waals surface area contributed by atoms with Crippen molar-refractivity contribution >= 4 is 23.4 Å². The lowest BCUT2D eigenvalue weighted by Gasteiger charge is -2.26. The van der Waals surface area contributed by atoms with E-state index in [9.17, 15) is 4.79 Å². The molecule has 0 radical (unpaired) electrons. The normalized spacial score (nSPS) is 15.0. The second kappa shape index (κ2) is 11.9. The SMILES string of the molecule is CCOC(=O)[C@H](Sc1nnc(CNc2cccc(OC)c2)n1C1CCCCC1)c1ccccc1. The Morgan fingerprint density at radius 3 is 2.65 bits per heavy atom. The molecule has 2 aromatic carbocycles. The number of anilines is 1. The van der Waals surface area contributed by atoms with Crippen LogP contribution in [0.2, 0.25) is 0 Å². The molecule has 0 aliphatic heterocycles. The van der Waals surface area contributed by atoms with Crippen molar-refractivity contribution in [1.82, 2.24) is 14.8 Å². The number of thioether (sulfide) groups is 1. The molecule has 180 valence electrons. The number of rotatable bonds is 10. The van der Waals surface area contributed by atoms with Gasteiger partial charge in [0.1, 0.15) is 11.0 Å². The smallest absolute Gasteiger partial charge is 0.324 e. The number of esters is 1. The summed E-state index contributed by atoms with van der Waals surface area (Å²) in [6.45, 7) is 2.71. The number of aromatic nitrogens is 3. The maximum Gasteiger partial charge on any atom is 0.324 e. The summed E-state index contributed by atoms with van der Waals surface area (Å²) in [5.41, 5.74) is 1.86. The number of benzene rings is 2. The topological polar surface area (TPSA) is 78.3 Å². The molecule has 0 unspecified atom stereocenters. The molecule has 8 heteroatoms. The Kier molecular flexibility index (Phi) is 8.46. The van der Waals surface area contributed by atoms with Gasteiger partial charge in [0, 0.05) is 17.8 Å². The molecule has 0 amide bonds. The number of hydrogen-bond donors (Lipinski definition) is 1. The van der Waals surface area contributed by atoms with Gasteiger partial charge in [-0.25, -0.2) is 0 Å². The van der Waals surface area contributed by atoms with E-state index in [0.717, 1.165) is 40.8 Å². The number of carbonyl (C=O) groups excluding carboxylic acids is 1. The monoisotopic (exact) mass is 480 g/mol. The van der Waals surface area contributed by atoms with Crippen molar-refractivity contribution in [2.45, 2.75) is 62.0 Å². The Labute approximate surface area is 205 Å². The maximum absolute atomic E-state index is 12.9. The lowest BCUT2D eigenvalue weighted by molar-refractivity contribution is -0.142. The summed E-state index contributed by atoms with van der Waals surface area (Å²) in [5.74, 6) is 1.41. The van der Waals surface area contributed by atoms with Crippen molar-refractivity contribution in [3.63, 3.8) is 0 Å². The Hall–Kier alpha value is -3.00. The van der Waals surface area contributed by atoms with Crippen molar-refractivity contribution in [3.8, 4) is 5.75 Å². The van der Waals surface area contributed by atoms with E-state index in [0.29, 0.717) is 19.2 Å². The minimum Gasteiger partial charge on any atom is -0.497 e. The summed E-state index contributed by atoms with van der Waals surface area (Å²) < 4.78 is 13.0. The fourth-order valence-electron chi connectivity index (χ4n) is 4.33. The standard InChI is InChI=1S/C26H32N4O3S/c1-3-33-25(31)24(19-11-6-4-7-12-19)34-26-29-28-23(30(26)21-14-8-5-9-15-21)18-27-20-13-10-16-22(17-20)32-2/h4,6-7,10-13,16-17,21,24,27H,3,5,8-9,14-15,18H2,1-2H3/t24-/m1/s1. The third kappa shape index (κ3) is 5.91. The zero-order chi connectivity index (χ0) is 23.8. The van der Waals surface area contributed by atoms with E-state index in [2.05, 4.69) is 20.1 Å². The molecule has 3 aromatic rings. The third-order valence-corrected chi connectivity index (χ3v) is 7.21. The molecule has 1 heterocycles. The fraction of sp³-hybridized carbons (Fsp3) is 0.423. The highest BCUT2D eigenvalue weighted by atomic mass is 32.2. The van der Waals surface area contributed by atoms with Gasteiger partial charge in [0.2, 0.25) is 0 Å². The summed E-state index contributed by atoms with van der Waals surface area (Å²) in [7, 11) is 1.66. The fourth-order valence-corrected chi connectivity index (χ4v) is 5.46. The second-order valence-electron chi connectivity index (χ2n) is 8.31. The molecule has 4 rings (SSSR count). The largest absolute Gasteiger partial charge is 0.497 e. The molecule has 1 atom stereocenters. The first-order valence-corrected chi connectivity index (χ1v) is 12.8. The number of carbonyl (C=O) groups is 1. The third-order valence-electron chi connectivity index (χ3n) is 6.02. The van der Waals surface area contributed by atoms with E-state index in [-0.39, 0.29) is 5.97 Å². The molecule has 1 aliphatic carbocycles. The molecule has 7 nitrogen and oxygen atoms in total. The lowest BCUT2D eigenvalue weighted by atomic mass is 9.95. The van der Waals surface area contributed by atoms with Crippen molar-refractivity contribution in [3.05, 3.63) is 66.0 Å². The van der Waals surface area contributed by atoms with Gasteiger partial charge < -0.3 is 19.4 Å². The summed E-state index contributed by atoms with van der Waals surface area (Å²) in [5, 5.41) is 12.8. The highest BCUT2D eigenvalue weighted by molar-refractivity contribution is 8.00. The number of nitrogens with one attached hydrogen (secondary N) is 1. The minimum absolute atomic E-state index is 0.257. The molecule has 0 bridgehead atoms. The van der Waals surface area contributed by atoms with Crippen LogP contribution >= 0.6 is 11.8 Å². The van der Waals surface area contributed by atoms with Crippen LogP contribution in [-0.2, 0) is 16.1 Å². The van der Waals surface area contributed by atoms with Gasteiger partial charge in [0.05, 0.1) is 20.3 Å². The molecular formula is C26H32N4O3S. The first kappa shape index (κ1) is 24.1. The molecule has 1 fully saturated rings. The van der Waals surface area contributed by atoms with Crippen molar-refractivity contribution < 1.29 is 14.3 Å². The van der Waals surface area contributed by atoms with E-state index < -0.39 is 5.25 Å². The first-order chi connectivity index (χ1) is 16.7. The molecule has 1 N–H and O–H groups in total. The maximum atomic E-state index is 12.9. The van der Waals surface area contributed by atoms with E-state index in [1.54, 1.807) is 7.11 Å². The van der Waals surface area contributed by atoms with Gasteiger partial charge in [-0.05, 0) is 37.5 Å². The number of nitrogens with zero attached hydrogens (tertiary/aromatic N) is 3. The summed E-state index contributed by atoms with van der Waals surface area (Å²) in [4.78, 5) is 12.9. The van der Waals surface area contributed by atoms with Gasteiger partial charge >= 0.3 is 5.97 Å². The lowest BCUT2D eigenvalue weighted by Crippen LogP contribution is -2.19. The Balaban J connectivity index is 1.61. The van der Waals surface area contributed by atoms with Crippen LogP contribution in [0.1, 0.15) is 61.7 Å². The predicted octanol–water partition coefficient (Wildman–Crippen LogP) is 5.80. The molecule has 0 spiro atoms. The van der Waals surface area contributed by atoms with Crippen LogP contribution in [0.3, 0.4) is 0 Å². The Morgan fingerprint density at radius 1 is 1.12 bits per heavy atom. The van der Waals surface area contributed by atoms with Crippen LogP contribution in [0, 0.1) is 0 Å². The van der Waals surface area contributed by atoms with Crippen molar-refractivity contribution in [2.24, 2.45) is 0 Å². The van der Waals surface area contributed by atoms with Crippen LogP contribution in [0.5, 0.6) is 5.75 Å². The summed E-state index contributed by atoms with van der Waals surface area (Å²) >= 11 is 1.43. The predicted molar refractivity (Wildman–Crippen MR) is 134 cm³/mol. The second-order valence-corrected chi connectivity index (χ2v) is 9.38. The van der Waals surface area contributed by atoms with E-state index in [1.165, 1.54) is 31.0 Å². The Morgan fingerprint density at radius 2 is 1.91 bits per heavy atom. The van der Waals surface area contributed by atoms with Gasteiger partial charge in [0.25, 0.3) is 0 Å². The van der Waals surface area contributed by atoms with Crippen molar-refractivity contribution in [2.75, 3.05) is 19.0 Å². The quantitative estimate of drug-likeness (QED) is 0.290. The average molecular weight is 481 g/mol. The summed E-state index contributed by atoms with van der Waals surface area (Å²) in [6.07, 6.45) is 5.82. The van der Waals surface area contributed by atoms with Crippen LogP contribution in [-0.4, -0.2) is 34.5 Å². The van der Waals surface area contributed by atoms with Gasteiger partial charge in [-0.3, -0.25) is 4.79 Å². The van der Waals surface area contributed by atoms with E-state index in [1.807, 2.05) is 61.5 Å². The number of hydrogen-bond acceptors (Lipinski definition) is 7. The molecule has 1 aromatic heterocycles. The van der Waals surface area contributed by atoms with Crippen LogP contribution in [0.25, 0.3) is 0 Å². The zero-order valence-corrected chi connectivity index (χ0v) is 20.6. The Bertz CT molecular complexity index is 1070. The van der Waals surface area contributed by atoms with Crippen LogP contribution in [0.4, 0.5) is 5.69 Å². The van der Waals surface area contributed by atoms with Crippen LogP contribution in [0.15, 0.2) is 59.8 Å². The molecule has 1 saturated carbocycles. The molecular weight excluding hydrogens is 448 g/mol. The molecule has 34 heavy (non-hydrogen) atoms. The zero-order valence-electron chi connectivity index (χ0n) is 19.8. The highest BCUT2D eigenvalue weighted by Gasteiger charge is 2.29. The molecule has 1 aliphatic rings. The van der Waals surface area contributed by atoms with Gasteiger partial charge in [-0.15, -0.1) is 10.2 Å². The van der Waals surface area contributed by atoms with Gasteiger partial charge in [-0.1, -0.05) is 67.4 Å². The highest BCUT2D eigenvalue weighted by Crippen LogP contribution is 2.39. The van der Waals surface area contributed by atoms with E-state index >= 15 is 0 Å². The molecule has 0 saturated heterocycles.